The maximum Gasteiger partial charge on any atom is 0.272 e. The monoisotopic (exact) mass is 512 g/mol. The van der Waals surface area contributed by atoms with Crippen molar-refractivity contribution in [2.75, 3.05) is 0 Å². The second kappa shape index (κ2) is 10.4. The van der Waals surface area contributed by atoms with Crippen LogP contribution in [-0.4, -0.2) is 40.2 Å². The number of nitrogens with one attached hydrogen (secondary N) is 2. The first-order valence-corrected chi connectivity index (χ1v) is 14.9. The van der Waals surface area contributed by atoms with Crippen LogP contribution in [0.4, 0.5) is 0 Å². The maximum absolute atomic E-state index is 12.8. The lowest BCUT2D eigenvalue weighted by atomic mass is 10.1. The fraction of sp³-hybridized carbons (Fsp3) is 0.440. The average molecular weight is 513 g/mol. The Morgan fingerprint density at radius 2 is 2.00 bits per heavy atom. The normalized spacial score (nSPS) is 13.8. The fourth-order valence-electron chi connectivity index (χ4n) is 3.35. The Morgan fingerprint density at radius 3 is 2.63 bits per heavy atom. The van der Waals surface area contributed by atoms with Crippen molar-refractivity contribution < 1.29 is 9.22 Å². The number of nitrogens with zero attached hydrogens (tertiary/aromatic N) is 4. The van der Waals surface area contributed by atoms with Gasteiger partial charge in [-0.2, -0.15) is 15.5 Å². The van der Waals surface area contributed by atoms with Crippen LogP contribution >= 0.6 is 11.6 Å². The molecule has 2 N–H and O–H groups in total. The standard InChI is InChI=1S/C25H33ClN6O2Si/c1-16(15-32-11-10-21(31-32)18-8-9-19(14-27)20(26)12-18)28-24(33)23-13-22(29-30-23)17(2)34-35(6,7)25(3,4)5/h8-13,16-17H,15H2,1-7H3,(H,28,33)(H,29,30)/t16-,17-/m0/s1. The summed E-state index contributed by atoms with van der Waals surface area (Å²) in [6, 6.07) is 10.7. The van der Waals surface area contributed by atoms with Crippen LogP contribution in [-0.2, 0) is 11.0 Å². The van der Waals surface area contributed by atoms with Crippen molar-refractivity contribution in [2.45, 2.75) is 71.4 Å². The molecule has 1 amide bonds. The van der Waals surface area contributed by atoms with Crippen molar-refractivity contribution in [3.63, 3.8) is 0 Å². The van der Waals surface area contributed by atoms with E-state index in [4.69, 9.17) is 21.3 Å². The van der Waals surface area contributed by atoms with Crippen LogP contribution in [0, 0.1) is 11.3 Å². The van der Waals surface area contributed by atoms with Crippen molar-refractivity contribution in [2.24, 2.45) is 0 Å². The van der Waals surface area contributed by atoms with Crippen LogP contribution in [0.3, 0.4) is 0 Å². The highest BCUT2D eigenvalue weighted by Gasteiger charge is 2.39. The molecular weight excluding hydrogens is 480 g/mol. The van der Waals surface area contributed by atoms with E-state index in [0.717, 1.165) is 17.0 Å². The van der Waals surface area contributed by atoms with Crippen LogP contribution in [0.5, 0.6) is 0 Å². The van der Waals surface area contributed by atoms with E-state index in [-0.39, 0.29) is 23.1 Å². The van der Waals surface area contributed by atoms with E-state index in [0.29, 0.717) is 22.8 Å². The number of carbonyl (C=O) groups excluding carboxylic acids is 1. The highest BCUT2D eigenvalue weighted by Crippen LogP contribution is 2.39. The zero-order chi connectivity index (χ0) is 26.0. The molecule has 0 bridgehead atoms. The molecule has 0 fully saturated rings. The lowest BCUT2D eigenvalue weighted by Gasteiger charge is -2.38. The third-order valence-corrected chi connectivity index (χ3v) is 11.3. The fourth-order valence-corrected chi connectivity index (χ4v) is 4.94. The lowest BCUT2D eigenvalue weighted by molar-refractivity contribution is 0.0931. The molecule has 3 rings (SSSR count). The number of hydrogen-bond donors (Lipinski definition) is 2. The highest BCUT2D eigenvalue weighted by atomic mass is 35.5. The van der Waals surface area contributed by atoms with Crippen LogP contribution < -0.4 is 5.32 Å². The molecule has 0 aliphatic rings. The van der Waals surface area contributed by atoms with Gasteiger partial charge in [0.2, 0.25) is 0 Å². The molecule has 2 atom stereocenters. The molecule has 0 saturated heterocycles. The summed E-state index contributed by atoms with van der Waals surface area (Å²) in [6.07, 6.45) is 1.66. The summed E-state index contributed by atoms with van der Waals surface area (Å²) in [4.78, 5) is 12.8. The van der Waals surface area contributed by atoms with E-state index >= 15 is 0 Å². The van der Waals surface area contributed by atoms with Crippen molar-refractivity contribution in [3.8, 4) is 17.3 Å². The molecule has 0 aliphatic heterocycles. The molecule has 0 radical (unpaired) electrons. The Balaban J connectivity index is 1.59. The first kappa shape index (κ1) is 26.7. The van der Waals surface area contributed by atoms with Crippen LogP contribution in [0.2, 0.25) is 23.2 Å². The minimum absolute atomic E-state index is 0.0929. The predicted octanol–water partition coefficient (Wildman–Crippen LogP) is 5.70. The highest BCUT2D eigenvalue weighted by molar-refractivity contribution is 6.74. The Kier molecular flexibility index (Phi) is 7.89. The Labute approximate surface area is 212 Å². The van der Waals surface area contributed by atoms with Crippen molar-refractivity contribution in [1.82, 2.24) is 25.3 Å². The van der Waals surface area contributed by atoms with Gasteiger partial charge in [-0.3, -0.25) is 14.6 Å². The van der Waals surface area contributed by atoms with E-state index in [1.165, 1.54) is 0 Å². The quantitative estimate of drug-likeness (QED) is 0.376. The zero-order valence-corrected chi connectivity index (χ0v) is 23.1. The number of carbonyl (C=O) groups is 1. The van der Waals surface area contributed by atoms with Gasteiger partial charge in [-0.15, -0.1) is 0 Å². The van der Waals surface area contributed by atoms with Gasteiger partial charge in [0.15, 0.2) is 8.32 Å². The van der Waals surface area contributed by atoms with Gasteiger partial charge in [-0.1, -0.05) is 38.4 Å². The molecule has 0 spiro atoms. The van der Waals surface area contributed by atoms with Crippen LogP contribution in [0.1, 0.15) is 62.5 Å². The number of rotatable bonds is 8. The van der Waals surface area contributed by atoms with E-state index in [2.05, 4.69) is 54.5 Å². The smallest absolute Gasteiger partial charge is 0.272 e. The first-order chi connectivity index (χ1) is 16.3. The SMILES string of the molecule is C[C@H](O[Si](C)(C)C(C)(C)C)c1cc(C(=O)N[C@@H](C)Cn2ccc(-c3ccc(C#N)c(Cl)c3)n2)n[nH]1. The Morgan fingerprint density at radius 1 is 1.29 bits per heavy atom. The molecule has 2 heterocycles. The van der Waals surface area contributed by atoms with Crippen LogP contribution in [0.15, 0.2) is 36.5 Å². The van der Waals surface area contributed by atoms with Gasteiger partial charge in [-0.05, 0) is 56.2 Å². The van der Waals surface area contributed by atoms with Gasteiger partial charge in [-0.25, -0.2) is 0 Å². The number of hydrogen-bond acceptors (Lipinski definition) is 5. The molecule has 0 unspecified atom stereocenters. The number of aromatic amines is 1. The third kappa shape index (κ3) is 6.39. The minimum atomic E-state index is -1.95. The second-order valence-corrected chi connectivity index (χ2v) is 15.5. The molecule has 10 heteroatoms. The summed E-state index contributed by atoms with van der Waals surface area (Å²) in [5.74, 6) is -0.259. The molecule has 0 aliphatic carbocycles. The molecule has 0 saturated carbocycles. The summed E-state index contributed by atoms with van der Waals surface area (Å²) in [5, 5.41) is 24.2. The maximum atomic E-state index is 12.8. The van der Waals surface area contributed by atoms with Crippen molar-refractivity contribution in [3.05, 3.63) is 58.5 Å². The van der Waals surface area contributed by atoms with E-state index in [1.54, 1.807) is 22.9 Å². The topological polar surface area (TPSA) is 109 Å². The molecule has 186 valence electrons. The van der Waals surface area contributed by atoms with Gasteiger partial charge in [0.25, 0.3) is 5.91 Å². The minimum Gasteiger partial charge on any atom is -0.409 e. The summed E-state index contributed by atoms with van der Waals surface area (Å²) in [7, 11) is -1.95. The van der Waals surface area contributed by atoms with Crippen molar-refractivity contribution >= 4 is 25.8 Å². The molecule has 3 aromatic rings. The number of halogens is 1. The second-order valence-electron chi connectivity index (χ2n) is 10.3. The first-order valence-electron chi connectivity index (χ1n) is 11.6. The predicted molar refractivity (Wildman–Crippen MR) is 140 cm³/mol. The van der Waals surface area contributed by atoms with E-state index in [1.807, 2.05) is 38.2 Å². The zero-order valence-electron chi connectivity index (χ0n) is 21.3. The van der Waals surface area contributed by atoms with Gasteiger partial charge in [0.05, 0.1) is 34.6 Å². The van der Waals surface area contributed by atoms with Gasteiger partial charge >= 0.3 is 0 Å². The Bertz CT molecular complexity index is 1240. The lowest BCUT2D eigenvalue weighted by Crippen LogP contribution is -2.41. The number of amides is 1. The summed E-state index contributed by atoms with van der Waals surface area (Å²) < 4.78 is 8.16. The Hall–Kier alpha value is -2.93. The molecule has 35 heavy (non-hydrogen) atoms. The number of nitriles is 1. The molecule has 8 nitrogen and oxygen atoms in total. The van der Waals surface area contributed by atoms with Crippen LogP contribution in [0.25, 0.3) is 11.3 Å². The summed E-state index contributed by atoms with van der Waals surface area (Å²) >= 11 is 6.14. The largest absolute Gasteiger partial charge is 0.409 e. The summed E-state index contributed by atoms with van der Waals surface area (Å²) in [6.45, 7) is 15.4. The third-order valence-electron chi connectivity index (χ3n) is 6.41. The molecule has 1 aromatic carbocycles. The van der Waals surface area contributed by atoms with Crippen molar-refractivity contribution in [1.29, 1.82) is 5.26 Å². The number of aromatic nitrogens is 4. The van der Waals surface area contributed by atoms with Gasteiger partial charge in [0.1, 0.15) is 11.8 Å². The number of benzene rings is 1. The van der Waals surface area contributed by atoms with Gasteiger partial charge < -0.3 is 9.74 Å². The van der Waals surface area contributed by atoms with Gasteiger partial charge in [0, 0.05) is 17.8 Å². The summed E-state index contributed by atoms with van der Waals surface area (Å²) in [5.41, 5.74) is 3.09. The van der Waals surface area contributed by atoms with E-state index in [9.17, 15) is 4.79 Å². The molecule has 2 aromatic heterocycles. The number of H-pyrrole nitrogens is 1. The van der Waals surface area contributed by atoms with E-state index < -0.39 is 8.32 Å². The molecular formula is C25H33ClN6O2Si. The average Bonchev–Trinajstić information content (AvgIpc) is 3.42.